The molecule has 0 radical (unpaired) electrons. The molecule has 3 heterocycles. The lowest BCUT2D eigenvalue weighted by atomic mass is 10.3. The second kappa shape index (κ2) is 8.46. The van der Waals surface area contributed by atoms with Crippen molar-refractivity contribution < 1.29 is 9.21 Å². The molecule has 3 rings (SSSR count). The molecule has 1 amide bonds. The Kier molecular flexibility index (Phi) is 6.07. The molecule has 0 atom stereocenters. The third kappa shape index (κ3) is 4.93. The Labute approximate surface area is 147 Å². The molecular formula is C18H25N3O2S. The lowest BCUT2D eigenvalue weighted by Gasteiger charge is -2.26. The average Bonchev–Trinajstić information content (AvgIpc) is 3.22. The highest BCUT2D eigenvalue weighted by Crippen LogP contribution is 2.15. The SMILES string of the molecule is CN1CCCN(CC(=O)N(Cc2ccco2)Cc2cccs2)CC1. The maximum absolute atomic E-state index is 12.9. The Balaban J connectivity index is 1.63. The predicted octanol–water partition coefficient (Wildman–Crippen LogP) is 2.51. The van der Waals surface area contributed by atoms with Crippen LogP contribution in [0.2, 0.25) is 0 Å². The molecule has 0 N–H and O–H groups in total. The van der Waals surface area contributed by atoms with E-state index in [2.05, 4.69) is 28.3 Å². The summed E-state index contributed by atoms with van der Waals surface area (Å²) in [4.78, 5) is 20.6. The molecule has 5 nitrogen and oxygen atoms in total. The van der Waals surface area contributed by atoms with Gasteiger partial charge in [0, 0.05) is 18.0 Å². The van der Waals surface area contributed by atoms with E-state index in [0.717, 1.165) is 38.4 Å². The molecule has 0 aromatic carbocycles. The van der Waals surface area contributed by atoms with Crippen LogP contribution in [0.3, 0.4) is 0 Å². The van der Waals surface area contributed by atoms with Crippen LogP contribution in [0.4, 0.5) is 0 Å². The summed E-state index contributed by atoms with van der Waals surface area (Å²) in [5.74, 6) is 1.000. The van der Waals surface area contributed by atoms with E-state index < -0.39 is 0 Å². The summed E-state index contributed by atoms with van der Waals surface area (Å²) in [7, 11) is 2.14. The molecule has 0 spiro atoms. The standard InChI is InChI=1S/C18H25N3O2S/c1-19-7-4-8-20(10-9-19)15-18(22)21(13-16-5-2-11-23-16)14-17-6-3-12-24-17/h2-3,5-6,11-12H,4,7-10,13-15H2,1H3. The fraction of sp³-hybridized carbons (Fsp3) is 0.500. The molecule has 6 heteroatoms. The van der Waals surface area contributed by atoms with Gasteiger partial charge in [-0.1, -0.05) is 6.07 Å². The number of nitrogens with zero attached hydrogens (tertiary/aromatic N) is 3. The third-order valence-electron chi connectivity index (χ3n) is 4.38. The first-order valence-corrected chi connectivity index (χ1v) is 9.32. The van der Waals surface area contributed by atoms with Gasteiger partial charge in [-0.05, 0) is 50.1 Å². The largest absolute Gasteiger partial charge is 0.467 e. The molecular weight excluding hydrogens is 322 g/mol. The topological polar surface area (TPSA) is 39.9 Å². The molecule has 0 aliphatic carbocycles. The van der Waals surface area contributed by atoms with Crippen molar-refractivity contribution in [2.45, 2.75) is 19.5 Å². The van der Waals surface area contributed by atoms with Crippen LogP contribution in [0.15, 0.2) is 40.3 Å². The average molecular weight is 347 g/mol. The number of furan rings is 1. The van der Waals surface area contributed by atoms with Crippen molar-refractivity contribution in [1.82, 2.24) is 14.7 Å². The maximum atomic E-state index is 12.9. The molecule has 1 saturated heterocycles. The normalized spacial score (nSPS) is 16.9. The summed E-state index contributed by atoms with van der Waals surface area (Å²) in [5, 5.41) is 2.05. The van der Waals surface area contributed by atoms with Gasteiger partial charge in [-0.2, -0.15) is 0 Å². The van der Waals surface area contributed by atoms with Gasteiger partial charge in [-0.15, -0.1) is 11.3 Å². The minimum absolute atomic E-state index is 0.171. The summed E-state index contributed by atoms with van der Waals surface area (Å²) in [6.45, 7) is 5.73. The van der Waals surface area contributed by atoms with Crippen LogP contribution < -0.4 is 0 Å². The Morgan fingerprint density at radius 1 is 1.21 bits per heavy atom. The van der Waals surface area contributed by atoms with Crippen LogP contribution in [0, 0.1) is 0 Å². The Bertz CT molecular complexity index is 576. The van der Waals surface area contributed by atoms with Gasteiger partial charge in [0.2, 0.25) is 5.91 Å². The van der Waals surface area contributed by atoms with E-state index >= 15 is 0 Å². The lowest BCUT2D eigenvalue weighted by Crippen LogP contribution is -2.41. The van der Waals surface area contributed by atoms with Crippen LogP contribution in [0.5, 0.6) is 0 Å². The van der Waals surface area contributed by atoms with Crippen molar-refractivity contribution in [3.63, 3.8) is 0 Å². The van der Waals surface area contributed by atoms with E-state index in [1.807, 2.05) is 23.1 Å². The predicted molar refractivity (Wildman–Crippen MR) is 95.8 cm³/mol. The van der Waals surface area contributed by atoms with Gasteiger partial charge in [-0.3, -0.25) is 9.69 Å². The fourth-order valence-electron chi connectivity index (χ4n) is 2.96. The number of thiophene rings is 1. The first kappa shape index (κ1) is 17.2. The number of amides is 1. The molecule has 24 heavy (non-hydrogen) atoms. The number of hydrogen-bond acceptors (Lipinski definition) is 5. The van der Waals surface area contributed by atoms with Crippen molar-refractivity contribution >= 4 is 17.2 Å². The van der Waals surface area contributed by atoms with Gasteiger partial charge < -0.3 is 14.2 Å². The summed E-state index contributed by atoms with van der Waals surface area (Å²) < 4.78 is 5.45. The smallest absolute Gasteiger partial charge is 0.237 e. The highest BCUT2D eigenvalue weighted by atomic mass is 32.1. The summed E-state index contributed by atoms with van der Waals surface area (Å²) >= 11 is 1.69. The van der Waals surface area contributed by atoms with Gasteiger partial charge >= 0.3 is 0 Å². The van der Waals surface area contributed by atoms with Crippen molar-refractivity contribution in [3.8, 4) is 0 Å². The molecule has 2 aromatic rings. The van der Waals surface area contributed by atoms with Crippen molar-refractivity contribution in [1.29, 1.82) is 0 Å². The van der Waals surface area contributed by atoms with E-state index in [1.54, 1.807) is 17.6 Å². The lowest BCUT2D eigenvalue weighted by molar-refractivity contribution is -0.133. The van der Waals surface area contributed by atoms with E-state index in [0.29, 0.717) is 19.6 Å². The van der Waals surface area contributed by atoms with E-state index in [-0.39, 0.29) is 5.91 Å². The zero-order valence-electron chi connectivity index (χ0n) is 14.2. The molecule has 130 valence electrons. The molecule has 0 unspecified atom stereocenters. The second-order valence-corrected chi connectivity index (χ2v) is 7.37. The minimum atomic E-state index is 0.171. The number of hydrogen-bond donors (Lipinski definition) is 0. The maximum Gasteiger partial charge on any atom is 0.237 e. The Morgan fingerprint density at radius 3 is 2.88 bits per heavy atom. The fourth-order valence-corrected chi connectivity index (χ4v) is 3.68. The first-order valence-electron chi connectivity index (χ1n) is 8.44. The summed E-state index contributed by atoms with van der Waals surface area (Å²) in [6, 6.07) is 7.90. The molecule has 1 fully saturated rings. The Morgan fingerprint density at radius 2 is 2.12 bits per heavy atom. The van der Waals surface area contributed by atoms with E-state index in [1.165, 1.54) is 4.88 Å². The number of likely N-dealkylation sites (N-methyl/N-ethyl adjacent to an activating group) is 1. The van der Waals surface area contributed by atoms with Gasteiger partial charge in [0.1, 0.15) is 5.76 Å². The zero-order valence-corrected chi connectivity index (χ0v) is 15.0. The Hall–Kier alpha value is -1.63. The van der Waals surface area contributed by atoms with Crippen molar-refractivity contribution in [2.24, 2.45) is 0 Å². The molecule has 2 aromatic heterocycles. The van der Waals surface area contributed by atoms with Crippen LogP contribution in [0.1, 0.15) is 17.1 Å². The van der Waals surface area contributed by atoms with Gasteiger partial charge in [0.25, 0.3) is 0 Å². The highest BCUT2D eigenvalue weighted by Gasteiger charge is 2.21. The molecule has 1 aliphatic rings. The van der Waals surface area contributed by atoms with Crippen LogP contribution >= 0.6 is 11.3 Å². The second-order valence-electron chi connectivity index (χ2n) is 6.34. The highest BCUT2D eigenvalue weighted by molar-refractivity contribution is 7.09. The number of carbonyl (C=O) groups is 1. The quantitative estimate of drug-likeness (QED) is 0.805. The summed E-state index contributed by atoms with van der Waals surface area (Å²) in [6.07, 6.45) is 2.78. The van der Waals surface area contributed by atoms with Crippen LogP contribution in [-0.2, 0) is 17.9 Å². The summed E-state index contributed by atoms with van der Waals surface area (Å²) in [5.41, 5.74) is 0. The van der Waals surface area contributed by atoms with E-state index in [9.17, 15) is 4.79 Å². The zero-order chi connectivity index (χ0) is 16.8. The first-order chi connectivity index (χ1) is 11.7. The van der Waals surface area contributed by atoms with Gasteiger partial charge in [-0.25, -0.2) is 0 Å². The monoisotopic (exact) mass is 347 g/mol. The number of rotatable bonds is 6. The van der Waals surface area contributed by atoms with Crippen molar-refractivity contribution in [2.75, 3.05) is 39.8 Å². The van der Waals surface area contributed by atoms with Crippen LogP contribution in [0.25, 0.3) is 0 Å². The number of carbonyl (C=O) groups excluding carboxylic acids is 1. The van der Waals surface area contributed by atoms with E-state index in [4.69, 9.17) is 4.42 Å². The molecule has 1 aliphatic heterocycles. The third-order valence-corrected chi connectivity index (χ3v) is 5.24. The molecule has 0 saturated carbocycles. The van der Waals surface area contributed by atoms with Crippen LogP contribution in [-0.4, -0.2) is 60.4 Å². The van der Waals surface area contributed by atoms with Gasteiger partial charge in [0.15, 0.2) is 0 Å². The minimum Gasteiger partial charge on any atom is -0.467 e. The molecule has 0 bridgehead atoms. The van der Waals surface area contributed by atoms with Crippen molar-refractivity contribution in [3.05, 3.63) is 46.5 Å². The van der Waals surface area contributed by atoms with Gasteiger partial charge in [0.05, 0.1) is 25.9 Å².